The minimum absolute atomic E-state index is 0.0315. The van der Waals surface area contributed by atoms with E-state index in [-0.39, 0.29) is 11.7 Å². The number of hydrogen-bond acceptors (Lipinski definition) is 5. The Morgan fingerprint density at radius 1 is 1.31 bits per heavy atom. The first-order valence-corrected chi connectivity index (χ1v) is 9.81. The van der Waals surface area contributed by atoms with E-state index >= 15 is 0 Å². The summed E-state index contributed by atoms with van der Waals surface area (Å²) in [6.07, 6.45) is 5.45. The van der Waals surface area contributed by atoms with Crippen molar-refractivity contribution < 1.29 is 19.4 Å². The summed E-state index contributed by atoms with van der Waals surface area (Å²) >= 11 is 0. The van der Waals surface area contributed by atoms with Gasteiger partial charge in [0.15, 0.2) is 11.5 Å². The largest absolute Gasteiger partial charge is 0.504 e. The molecule has 154 valence electrons. The zero-order valence-electron chi connectivity index (χ0n) is 16.9. The maximum absolute atomic E-state index is 12.2. The lowest BCUT2D eigenvalue weighted by Gasteiger charge is -2.29. The van der Waals surface area contributed by atoms with Crippen LogP contribution in [0.5, 0.6) is 17.2 Å². The maximum Gasteiger partial charge on any atom is 0.248 e. The molecule has 1 heterocycles. The molecule has 0 radical (unpaired) electrons. The van der Waals surface area contributed by atoms with Crippen LogP contribution in [0.15, 0.2) is 48.5 Å². The van der Waals surface area contributed by atoms with Gasteiger partial charge in [0.2, 0.25) is 5.91 Å². The highest BCUT2D eigenvalue weighted by molar-refractivity contribution is 6.02. The van der Waals surface area contributed by atoms with Crippen LogP contribution in [-0.4, -0.2) is 49.8 Å². The molecule has 6 heteroatoms. The van der Waals surface area contributed by atoms with Gasteiger partial charge in [-0.25, -0.2) is 0 Å². The molecule has 0 aliphatic carbocycles. The lowest BCUT2D eigenvalue weighted by atomic mass is 10.00. The van der Waals surface area contributed by atoms with Crippen LogP contribution in [0.1, 0.15) is 18.4 Å². The molecule has 0 spiro atoms. The Hall–Kier alpha value is -2.99. The van der Waals surface area contributed by atoms with Crippen LogP contribution in [0.25, 0.3) is 6.08 Å². The highest BCUT2D eigenvalue weighted by Crippen LogP contribution is 2.26. The quantitative estimate of drug-likeness (QED) is 0.697. The number of benzene rings is 2. The Balaban J connectivity index is 1.53. The molecule has 0 saturated carbocycles. The first kappa shape index (κ1) is 20.7. The van der Waals surface area contributed by atoms with Crippen molar-refractivity contribution in [3.63, 3.8) is 0 Å². The highest BCUT2D eigenvalue weighted by atomic mass is 16.5. The minimum atomic E-state index is -0.258. The van der Waals surface area contributed by atoms with Gasteiger partial charge in [-0.3, -0.25) is 4.79 Å². The molecular formula is C23H28N2O4. The summed E-state index contributed by atoms with van der Waals surface area (Å²) in [5.41, 5.74) is 1.38. The number of likely N-dealkylation sites (tertiary alicyclic amines) is 1. The number of piperidine rings is 1. The monoisotopic (exact) mass is 396 g/mol. The van der Waals surface area contributed by atoms with Crippen LogP contribution < -0.4 is 14.8 Å². The molecule has 1 aliphatic rings. The van der Waals surface area contributed by atoms with E-state index in [1.165, 1.54) is 26.0 Å². The first-order valence-electron chi connectivity index (χ1n) is 9.81. The summed E-state index contributed by atoms with van der Waals surface area (Å²) in [7, 11) is 3.63. The predicted molar refractivity (Wildman–Crippen MR) is 114 cm³/mol. The van der Waals surface area contributed by atoms with E-state index in [1.54, 1.807) is 24.3 Å². The summed E-state index contributed by atoms with van der Waals surface area (Å²) in [6.45, 7) is 2.90. The van der Waals surface area contributed by atoms with Gasteiger partial charge in [0, 0.05) is 30.3 Å². The van der Waals surface area contributed by atoms with E-state index in [4.69, 9.17) is 9.47 Å². The van der Waals surface area contributed by atoms with Crippen LogP contribution >= 0.6 is 0 Å². The number of nitrogens with zero attached hydrogens (tertiary/aromatic N) is 1. The molecule has 1 saturated heterocycles. The third-order valence-electron chi connectivity index (χ3n) is 4.94. The van der Waals surface area contributed by atoms with Gasteiger partial charge in [-0.1, -0.05) is 12.1 Å². The molecule has 2 aromatic carbocycles. The Bertz CT molecular complexity index is 866. The molecule has 6 nitrogen and oxygen atoms in total. The van der Waals surface area contributed by atoms with Crippen molar-refractivity contribution in [2.45, 2.75) is 12.8 Å². The molecule has 1 unspecified atom stereocenters. The number of rotatable bonds is 7. The third-order valence-corrected chi connectivity index (χ3v) is 4.94. The Labute approximate surface area is 171 Å². The molecule has 0 aromatic heterocycles. The molecule has 29 heavy (non-hydrogen) atoms. The van der Waals surface area contributed by atoms with Gasteiger partial charge in [0.05, 0.1) is 13.7 Å². The molecular weight excluding hydrogens is 368 g/mol. The Kier molecular flexibility index (Phi) is 7.14. The highest BCUT2D eigenvalue weighted by Gasteiger charge is 2.17. The van der Waals surface area contributed by atoms with Crippen molar-refractivity contribution in [1.29, 1.82) is 0 Å². The van der Waals surface area contributed by atoms with E-state index < -0.39 is 0 Å². The number of methoxy groups -OCH3 is 1. The van der Waals surface area contributed by atoms with Crippen molar-refractivity contribution in [3.05, 3.63) is 54.1 Å². The Morgan fingerprint density at radius 3 is 2.93 bits per heavy atom. The molecule has 2 aromatic rings. The van der Waals surface area contributed by atoms with Crippen molar-refractivity contribution in [1.82, 2.24) is 4.90 Å². The number of amides is 1. The second kappa shape index (κ2) is 9.98. The summed E-state index contributed by atoms with van der Waals surface area (Å²) in [5.74, 6) is 1.45. The fourth-order valence-electron chi connectivity index (χ4n) is 3.45. The van der Waals surface area contributed by atoms with Crippen LogP contribution in [0, 0.1) is 5.92 Å². The van der Waals surface area contributed by atoms with Gasteiger partial charge < -0.3 is 24.8 Å². The van der Waals surface area contributed by atoms with E-state index in [1.807, 2.05) is 24.3 Å². The third kappa shape index (κ3) is 6.26. The number of aromatic hydroxyl groups is 1. The first-order chi connectivity index (χ1) is 14.0. The fraction of sp³-hybridized carbons (Fsp3) is 0.348. The molecule has 1 atom stereocenters. The number of phenolic OH excluding ortho intramolecular Hbond substituents is 1. The molecule has 1 aliphatic heterocycles. The van der Waals surface area contributed by atoms with Crippen LogP contribution in [0.2, 0.25) is 0 Å². The number of anilines is 1. The number of phenols is 1. The molecule has 1 fully saturated rings. The van der Waals surface area contributed by atoms with E-state index in [9.17, 15) is 9.90 Å². The van der Waals surface area contributed by atoms with Crippen molar-refractivity contribution in [3.8, 4) is 17.2 Å². The van der Waals surface area contributed by atoms with Gasteiger partial charge in [-0.2, -0.15) is 0 Å². The number of nitrogens with one attached hydrogen (secondary N) is 1. The van der Waals surface area contributed by atoms with Crippen molar-refractivity contribution in [2.24, 2.45) is 5.92 Å². The zero-order valence-corrected chi connectivity index (χ0v) is 16.9. The molecule has 0 bridgehead atoms. The van der Waals surface area contributed by atoms with E-state index in [0.717, 1.165) is 18.8 Å². The predicted octanol–water partition coefficient (Wildman–Crippen LogP) is 3.77. The van der Waals surface area contributed by atoms with E-state index in [0.29, 0.717) is 29.5 Å². The van der Waals surface area contributed by atoms with Crippen molar-refractivity contribution >= 4 is 17.7 Å². The molecule has 1 amide bonds. The normalized spacial score (nSPS) is 17.2. The minimum Gasteiger partial charge on any atom is -0.504 e. The number of carbonyl (C=O) groups is 1. The SMILES string of the molecule is COc1ccc(/C=C/C(=O)Nc2cccc(OCC3CCCN(C)C3)c2)cc1O. The lowest BCUT2D eigenvalue weighted by Crippen LogP contribution is -2.34. The summed E-state index contributed by atoms with van der Waals surface area (Å²) in [4.78, 5) is 14.6. The standard InChI is InChI=1S/C23H28N2O4/c1-25-12-4-5-18(15-25)16-29-20-7-3-6-19(14-20)24-23(27)11-9-17-8-10-22(28-2)21(26)13-17/h3,6-11,13-14,18,26H,4-5,12,15-16H2,1-2H3,(H,24,27)/b11-9+. The maximum atomic E-state index is 12.2. The van der Waals surface area contributed by atoms with Crippen molar-refractivity contribution in [2.75, 3.05) is 39.2 Å². The average Bonchev–Trinajstić information content (AvgIpc) is 2.71. The smallest absolute Gasteiger partial charge is 0.248 e. The van der Waals surface area contributed by atoms with Gasteiger partial charge >= 0.3 is 0 Å². The zero-order chi connectivity index (χ0) is 20.6. The fourth-order valence-corrected chi connectivity index (χ4v) is 3.45. The van der Waals surface area contributed by atoms with Gasteiger partial charge in [-0.15, -0.1) is 0 Å². The summed E-state index contributed by atoms with van der Waals surface area (Å²) in [6, 6.07) is 12.4. The second-order valence-electron chi connectivity index (χ2n) is 7.36. The summed E-state index contributed by atoms with van der Waals surface area (Å²) < 4.78 is 11.0. The van der Waals surface area contributed by atoms with Crippen LogP contribution in [0.3, 0.4) is 0 Å². The van der Waals surface area contributed by atoms with Crippen LogP contribution in [-0.2, 0) is 4.79 Å². The average molecular weight is 396 g/mol. The van der Waals surface area contributed by atoms with Gasteiger partial charge in [-0.05, 0) is 62.3 Å². The van der Waals surface area contributed by atoms with Gasteiger partial charge in [0.1, 0.15) is 5.75 Å². The summed E-state index contributed by atoms with van der Waals surface area (Å²) in [5, 5.41) is 12.6. The Morgan fingerprint density at radius 2 is 2.17 bits per heavy atom. The topological polar surface area (TPSA) is 71.0 Å². The van der Waals surface area contributed by atoms with E-state index in [2.05, 4.69) is 17.3 Å². The number of carbonyl (C=O) groups excluding carboxylic acids is 1. The molecule has 3 rings (SSSR count). The van der Waals surface area contributed by atoms with Gasteiger partial charge in [0.25, 0.3) is 0 Å². The molecule has 2 N–H and O–H groups in total. The lowest BCUT2D eigenvalue weighted by molar-refractivity contribution is -0.111. The number of ether oxygens (including phenoxy) is 2. The number of hydrogen-bond donors (Lipinski definition) is 2. The van der Waals surface area contributed by atoms with Crippen LogP contribution in [0.4, 0.5) is 5.69 Å². The second-order valence-corrected chi connectivity index (χ2v) is 7.36.